The number of aryl methyl sites for hydroxylation is 1. The van der Waals surface area contributed by atoms with Crippen LogP contribution in [0.25, 0.3) is 16.6 Å². The summed E-state index contributed by atoms with van der Waals surface area (Å²) in [4.78, 5) is 11.7. The molecular formula is C22H24N2O4. The van der Waals surface area contributed by atoms with Gasteiger partial charge >= 0.3 is 0 Å². The summed E-state index contributed by atoms with van der Waals surface area (Å²) < 4.78 is 18.2. The van der Waals surface area contributed by atoms with Crippen LogP contribution in [-0.2, 0) is 13.5 Å². The van der Waals surface area contributed by atoms with E-state index in [1.807, 2.05) is 20.2 Å². The highest BCUT2D eigenvalue weighted by Gasteiger charge is 2.17. The highest BCUT2D eigenvalue weighted by molar-refractivity contribution is 5.81. The number of benzene rings is 2. The summed E-state index contributed by atoms with van der Waals surface area (Å²) in [5.74, 6) is 1.44. The second-order valence-corrected chi connectivity index (χ2v) is 6.63. The van der Waals surface area contributed by atoms with E-state index in [0.717, 1.165) is 11.1 Å². The maximum atomic E-state index is 11.7. The third kappa shape index (κ3) is 3.58. The lowest BCUT2D eigenvalue weighted by Gasteiger charge is -2.14. The second kappa shape index (κ2) is 8.17. The second-order valence-electron chi connectivity index (χ2n) is 6.63. The Balaban J connectivity index is 2.02. The molecule has 1 heterocycles. The topological polar surface area (TPSA) is 62.0 Å². The lowest BCUT2D eigenvalue weighted by Crippen LogP contribution is -1.98. The molecule has 0 atom stereocenters. The fraction of sp³-hybridized carbons (Fsp3) is 0.273. The lowest BCUT2D eigenvalue weighted by molar-refractivity contribution is 0.324. The van der Waals surface area contributed by atoms with Gasteiger partial charge in [-0.05, 0) is 65.4 Å². The summed E-state index contributed by atoms with van der Waals surface area (Å²) in [6, 6.07) is 11.9. The van der Waals surface area contributed by atoms with Crippen LogP contribution in [0.4, 0.5) is 0 Å². The summed E-state index contributed by atoms with van der Waals surface area (Å²) in [5.41, 5.74) is 4.14. The Labute approximate surface area is 164 Å². The molecule has 0 aliphatic heterocycles. The summed E-state index contributed by atoms with van der Waals surface area (Å²) in [5, 5.41) is 4.47. The van der Waals surface area contributed by atoms with Gasteiger partial charge in [-0.15, -0.1) is 4.91 Å². The minimum absolute atomic E-state index is 0.368. The molecule has 0 unspecified atom stereocenters. The molecule has 0 spiro atoms. The van der Waals surface area contributed by atoms with Crippen molar-refractivity contribution in [2.75, 3.05) is 21.3 Å². The first kappa shape index (κ1) is 19.5. The van der Waals surface area contributed by atoms with E-state index < -0.39 is 0 Å². The van der Waals surface area contributed by atoms with Crippen molar-refractivity contribution in [1.82, 2.24) is 4.57 Å². The Hall–Kier alpha value is -3.28. The maximum absolute atomic E-state index is 11.7. The predicted molar refractivity (Wildman–Crippen MR) is 111 cm³/mol. The third-order valence-corrected chi connectivity index (χ3v) is 4.85. The van der Waals surface area contributed by atoms with Crippen LogP contribution in [-0.4, -0.2) is 25.9 Å². The monoisotopic (exact) mass is 380 g/mol. The molecule has 0 saturated heterocycles. The van der Waals surface area contributed by atoms with Gasteiger partial charge < -0.3 is 18.8 Å². The van der Waals surface area contributed by atoms with Gasteiger partial charge in [0.05, 0.1) is 21.3 Å². The molecule has 3 aromatic rings. The lowest BCUT2D eigenvalue weighted by atomic mass is 9.99. The SMILES string of the molecule is COc1cc(C(N=O)=C(C)Cc2ccc3c(ccn3C)c2)cc(OC)c1OC. The zero-order valence-corrected chi connectivity index (χ0v) is 16.8. The molecule has 146 valence electrons. The van der Waals surface area contributed by atoms with Crippen LogP contribution in [0.2, 0.25) is 0 Å². The predicted octanol–water partition coefficient (Wildman–Crippen LogP) is 4.94. The van der Waals surface area contributed by atoms with Gasteiger partial charge in [0, 0.05) is 24.3 Å². The molecule has 2 aromatic carbocycles. The average molecular weight is 380 g/mol. The minimum Gasteiger partial charge on any atom is -0.493 e. The fourth-order valence-electron chi connectivity index (χ4n) is 3.43. The van der Waals surface area contributed by atoms with Gasteiger partial charge in [-0.25, -0.2) is 0 Å². The summed E-state index contributed by atoms with van der Waals surface area (Å²) >= 11 is 0. The Morgan fingerprint density at radius 1 is 1.00 bits per heavy atom. The Kier molecular flexibility index (Phi) is 5.68. The van der Waals surface area contributed by atoms with Crippen LogP contribution in [0.3, 0.4) is 0 Å². The molecule has 0 amide bonds. The van der Waals surface area contributed by atoms with Gasteiger partial charge in [-0.3, -0.25) is 0 Å². The van der Waals surface area contributed by atoms with E-state index in [2.05, 4.69) is 34.0 Å². The fourth-order valence-corrected chi connectivity index (χ4v) is 3.43. The van der Waals surface area contributed by atoms with E-state index in [-0.39, 0.29) is 0 Å². The van der Waals surface area contributed by atoms with Crippen LogP contribution in [0, 0.1) is 4.91 Å². The summed E-state index contributed by atoms with van der Waals surface area (Å²) in [7, 11) is 6.65. The molecule has 0 bridgehead atoms. The Morgan fingerprint density at radius 2 is 1.68 bits per heavy atom. The molecule has 6 heteroatoms. The van der Waals surface area contributed by atoms with E-state index in [1.54, 1.807) is 33.5 Å². The molecule has 0 aliphatic carbocycles. The molecule has 0 aliphatic rings. The van der Waals surface area contributed by atoms with E-state index in [9.17, 15) is 4.91 Å². The Morgan fingerprint density at radius 3 is 2.25 bits per heavy atom. The number of fused-ring (bicyclic) bond motifs is 1. The molecule has 1 aromatic heterocycles. The van der Waals surface area contributed by atoms with Gasteiger partial charge in [-0.1, -0.05) is 6.07 Å². The normalized spacial score (nSPS) is 11.9. The number of ether oxygens (including phenoxy) is 3. The molecule has 0 radical (unpaired) electrons. The van der Waals surface area contributed by atoms with Crippen LogP contribution in [0.5, 0.6) is 17.2 Å². The number of rotatable bonds is 7. The van der Waals surface area contributed by atoms with E-state index >= 15 is 0 Å². The van der Waals surface area contributed by atoms with Gasteiger partial charge in [0.15, 0.2) is 11.5 Å². The molecule has 3 rings (SSSR count). The first-order valence-corrected chi connectivity index (χ1v) is 8.89. The van der Waals surface area contributed by atoms with Crippen molar-refractivity contribution in [1.29, 1.82) is 0 Å². The number of methoxy groups -OCH3 is 3. The van der Waals surface area contributed by atoms with E-state index in [1.165, 1.54) is 10.9 Å². The van der Waals surface area contributed by atoms with Gasteiger partial charge in [0.25, 0.3) is 0 Å². The van der Waals surface area contributed by atoms with Gasteiger partial charge in [0.1, 0.15) is 5.70 Å². The molecule has 0 fully saturated rings. The van der Waals surface area contributed by atoms with Crippen molar-refractivity contribution >= 4 is 16.6 Å². The zero-order chi connectivity index (χ0) is 20.3. The van der Waals surface area contributed by atoms with E-state index in [0.29, 0.717) is 34.9 Å². The molecular weight excluding hydrogens is 356 g/mol. The van der Waals surface area contributed by atoms with Crippen LogP contribution >= 0.6 is 0 Å². The smallest absolute Gasteiger partial charge is 0.203 e. The third-order valence-electron chi connectivity index (χ3n) is 4.85. The number of nitrogens with zero attached hydrogens (tertiary/aromatic N) is 2. The molecule has 0 saturated carbocycles. The first-order valence-electron chi connectivity index (χ1n) is 8.89. The molecule has 28 heavy (non-hydrogen) atoms. The zero-order valence-electron chi connectivity index (χ0n) is 16.8. The molecule has 6 nitrogen and oxygen atoms in total. The maximum Gasteiger partial charge on any atom is 0.203 e. The number of allylic oxidation sites excluding steroid dienone is 1. The van der Waals surface area contributed by atoms with Gasteiger partial charge in [-0.2, -0.15) is 0 Å². The summed E-state index contributed by atoms with van der Waals surface area (Å²) in [6.07, 6.45) is 2.65. The standard InChI is InChI=1S/C22H24N2O4/c1-14(10-15-6-7-18-16(11-15)8-9-24(18)2)21(23-25)17-12-19(26-3)22(28-5)20(13-17)27-4/h6-9,11-13H,10H2,1-5H3. The van der Waals surface area contributed by atoms with Crippen molar-refractivity contribution in [3.8, 4) is 17.2 Å². The van der Waals surface area contributed by atoms with Crippen molar-refractivity contribution in [2.24, 2.45) is 12.2 Å². The number of aromatic nitrogens is 1. The summed E-state index contributed by atoms with van der Waals surface area (Å²) in [6.45, 7) is 1.91. The Bertz CT molecular complexity index is 1020. The molecule has 0 N–H and O–H groups in total. The van der Waals surface area contributed by atoms with Crippen LogP contribution < -0.4 is 14.2 Å². The van der Waals surface area contributed by atoms with E-state index in [4.69, 9.17) is 14.2 Å². The average Bonchev–Trinajstić information content (AvgIpc) is 3.07. The van der Waals surface area contributed by atoms with Crippen molar-refractivity contribution < 1.29 is 14.2 Å². The van der Waals surface area contributed by atoms with Crippen LogP contribution in [0.15, 0.2) is 53.3 Å². The highest BCUT2D eigenvalue weighted by Crippen LogP contribution is 2.40. The van der Waals surface area contributed by atoms with Gasteiger partial charge in [0.2, 0.25) is 5.75 Å². The number of hydrogen-bond acceptors (Lipinski definition) is 5. The van der Waals surface area contributed by atoms with Crippen molar-refractivity contribution in [3.05, 3.63) is 64.2 Å². The number of hydrogen-bond donors (Lipinski definition) is 0. The van der Waals surface area contributed by atoms with Crippen LogP contribution in [0.1, 0.15) is 18.1 Å². The highest BCUT2D eigenvalue weighted by atomic mass is 16.5. The number of nitroso groups, excluding NO2 is 1. The first-order chi connectivity index (χ1) is 13.5. The van der Waals surface area contributed by atoms with Crippen molar-refractivity contribution in [3.63, 3.8) is 0 Å². The largest absolute Gasteiger partial charge is 0.493 e. The van der Waals surface area contributed by atoms with Crippen molar-refractivity contribution in [2.45, 2.75) is 13.3 Å². The minimum atomic E-state index is 0.368. The quantitative estimate of drug-likeness (QED) is 0.545.